The number of amides is 1. The smallest absolute Gasteiger partial charge is 0.256 e. The van der Waals surface area contributed by atoms with Gasteiger partial charge < -0.3 is 4.90 Å². The summed E-state index contributed by atoms with van der Waals surface area (Å²) in [7, 11) is 1.60. The highest BCUT2D eigenvalue weighted by molar-refractivity contribution is 5.94. The Morgan fingerprint density at radius 3 is 2.65 bits per heavy atom. The maximum absolute atomic E-state index is 13.4. The Morgan fingerprint density at radius 2 is 2.06 bits per heavy atom. The van der Waals surface area contributed by atoms with E-state index < -0.39 is 17.5 Å². The minimum atomic E-state index is -1.08. The third-order valence-electron chi connectivity index (χ3n) is 2.87. The second kappa shape index (κ2) is 5.75. The molecule has 0 radical (unpaired) electrons. The highest BCUT2D eigenvalue weighted by Gasteiger charge is 2.21. The first kappa shape index (κ1) is 13.6. The molecular formula is C13H17F2NO. The maximum atomic E-state index is 13.4. The lowest BCUT2D eigenvalue weighted by Crippen LogP contribution is -2.35. The van der Waals surface area contributed by atoms with E-state index in [0.29, 0.717) is 0 Å². The minimum absolute atomic E-state index is 0.00941. The van der Waals surface area contributed by atoms with Crippen molar-refractivity contribution in [2.45, 2.75) is 32.7 Å². The average molecular weight is 241 g/mol. The van der Waals surface area contributed by atoms with E-state index in [1.54, 1.807) is 7.05 Å². The van der Waals surface area contributed by atoms with Crippen LogP contribution in [0, 0.1) is 11.6 Å². The molecule has 1 atom stereocenters. The summed E-state index contributed by atoms with van der Waals surface area (Å²) in [6.07, 6.45) is 1.77. The molecule has 94 valence electrons. The van der Waals surface area contributed by atoms with Crippen LogP contribution < -0.4 is 0 Å². The fourth-order valence-corrected chi connectivity index (χ4v) is 1.67. The molecule has 0 saturated heterocycles. The lowest BCUT2D eigenvalue weighted by atomic mass is 10.1. The molecule has 1 aromatic rings. The van der Waals surface area contributed by atoms with Crippen LogP contribution in [0.1, 0.15) is 37.0 Å². The van der Waals surface area contributed by atoms with Crippen LogP contribution in [0.5, 0.6) is 0 Å². The van der Waals surface area contributed by atoms with Crippen molar-refractivity contribution in [2.75, 3.05) is 7.05 Å². The van der Waals surface area contributed by atoms with Gasteiger partial charge in [0.2, 0.25) is 0 Å². The van der Waals surface area contributed by atoms with Gasteiger partial charge in [0.1, 0.15) is 0 Å². The van der Waals surface area contributed by atoms with Crippen LogP contribution >= 0.6 is 0 Å². The van der Waals surface area contributed by atoms with Crippen molar-refractivity contribution in [3.63, 3.8) is 0 Å². The zero-order chi connectivity index (χ0) is 13.0. The van der Waals surface area contributed by atoms with Crippen molar-refractivity contribution in [3.05, 3.63) is 35.4 Å². The van der Waals surface area contributed by atoms with E-state index in [1.807, 2.05) is 13.8 Å². The number of carbonyl (C=O) groups excluding carboxylic acids is 1. The Balaban J connectivity index is 2.93. The molecule has 0 aliphatic rings. The van der Waals surface area contributed by atoms with Crippen molar-refractivity contribution in [3.8, 4) is 0 Å². The Morgan fingerprint density at radius 1 is 1.41 bits per heavy atom. The molecule has 0 saturated carbocycles. The summed E-state index contributed by atoms with van der Waals surface area (Å²) in [5.74, 6) is -2.55. The van der Waals surface area contributed by atoms with Crippen molar-refractivity contribution in [1.29, 1.82) is 0 Å². The molecule has 0 aliphatic heterocycles. The molecule has 2 nitrogen and oxygen atoms in total. The SMILES string of the molecule is CCCC(C)N(C)C(=O)c1cccc(F)c1F. The van der Waals surface area contributed by atoms with Crippen molar-refractivity contribution < 1.29 is 13.6 Å². The van der Waals surface area contributed by atoms with E-state index in [-0.39, 0.29) is 11.6 Å². The van der Waals surface area contributed by atoms with Gasteiger partial charge in [-0.3, -0.25) is 4.79 Å². The summed E-state index contributed by atoms with van der Waals surface area (Å²) >= 11 is 0. The van der Waals surface area contributed by atoms with Gasteiger partial charge in [-0.25, -0.2) is 8.78 Å². The molecule has 0 fully saturated rings. The molecule has 0 bridgehead atoms. The van der Waals surface area contributed by atoms with E-state index in [0.717, 1.165) is 18.9 Å². The summed E-state index contributed by atoms with van der Waals surface area (Å²) in [6, 6.07) is 3.65. The zero-order valence-corrected chi connectivity index (χ0v) is 10.3. The van der Waals surface area contributed by atoms with Crippen LogP contribution in [-0.2, 0) is 0 Å². The van der Waals surface area contributed by atoms with Crippen LogP contribution in [0.15, 0.2) is 18.2 Å². The fourth-order valence-electron chi connectivity index (χ4n) is 1.67. The van der Waals surface area contributed by atoms with Crippen LogP contribution in [0.2, 0.25) is 0 Å². The standard InChI is InChI=1S/C13H17F2NO/c1-4-6-9(2)16(3)13(17)10-7-5-8-11(14)12(10)15/h5,7-9H,4,6H2,1-3H3. The summed E-state index contributed by atoms with van der Waals surface area (Å²) in [5, 5.41) is 0. The van der Waals surface area contributed by atoms with E-state index >= 15 is 0 Å². The molecule has 4 heteroatoms. The number of benzene rings is 1. The first-order valence-corrected chi connectivity index (χ1v) is 5.70. The Labute approximate surface area is 100 Å². The van der Waals surface area contributed by atoms with Crippen molar-refractivity contribution in [1.82, 2.24) is 4.90 Å². The number of nitrogens with zero attached hydrogens (tertiary/aromatic N) is 1. The summed E-state index contributed by atoms with van der Waals surface area (Å²) in [6.45, 7) is 3.90. The lowest BCUT2D eigenvalue weighted by molar-refractivity contribution is 0.0731. The summed E-state index contributed by atoms with van der Waals surface area (Å²) in [4.78, 5) is 13.4. The van der Waals surface area contributed by atoms with Gasteiger partial charge in [0, 0.05) is 13.1 Å². The lowest BCUT2D eigenvalue weighted by Gasteiger charge is -2.24. The van der Waals surface area contributed by atoms with Crippen LogP contribution in [0.3, 0.4) is 0 Å². The van der Waals surface area contributed by atoms with Gasteiger partial charge in [-0.2, -0.15) is 0 Å². The number of rotatable bonds is 4. The third-order valence-corrected chi connectivity index (χ3v) is 2.87. The quantitative estimate of drug-likeness (QED) is 0.792. The number of carbonyl (C=O) groups is 1. The second-order valence-corrected chi connectivity index (χ2v) is 4.16. The topological polar surface area (TPSA) is 20.3 Å². The highest BCUT2D eigenvalue weighted by atomic mass is 19.2. The van der Waals surface area contributed by atoms with E-state index in [1.165, 1.54) is 17.0 Å². The van der Waals surface area contributed by atoms with Crippen LogP contribution in [-0.4, -0.2) is 23.9 Å². The Bertz CT molecular complexity index is 406. The zero-order valence-electron chi connectivity index (χ0n) is 10.3. The molecule has 0 spiro atoms. The van der Waals surface area contributed by atoms with Gasteiger partial charge in [0.25, 0.3) is 5.91 Å². The fraction of sp³-hybridized carbons (Fsp3) is 0.462. The number of halogens is 2. The molecule has 1 amide bonds. The first-order valence-electron chi connectivity index (χ1n) is 5.70. The second-order valence-electron chi connectivity index (χ2n) is 4.16. The van der Waals surface area contributed by atoms with E-state index in [9.17, 15) is 13.6 Å². The molecular weight excluding hydrogens is 224 g/mol. The predicted molar refractivity (Wildman–Crippen MR) is 62.8 cm³/mol. The number of hydrogen-bond acceptors (Lipinski definition) is 1. The van der Waals surface area contributed by atoms with Crippen LogP contribution in [0.4, 0.5) is 8.78 Å². The minimum Gasteiger partial charge on any atom is -0.339 e. The van der Waals surface area contributed by atoms with Gasteiger partial charge >= 0.3 is 0 Å². The monoisotopic (exact) mass is 241 g/mol. The van der Waals surface area contributed by atoms with Crippen LogP contribution in [0.25, 0.3) is 0 Å². The Hall–Kier alpha value is -1.45. The molecule has 17 heavy (non-hydrogen) atoms. The summed E-state index contributed by atoms with van der Waals surface area (Å²) < 4.78 is 26.4. The number of hydrogen-bond donors (Lipinski definition) is 0. The first-order chi connectivity index (χ1) is 7.99. The van der Waals surface area contributed by atoms with Gasteiger partial charge in [0.05, 0.1) is 5.56 Å². The molecule has 1 rings (SSSR count). The normalized spacial score (nSPS) is 12.3. The molecule has 0 aromatic heterocycles. The highest BCUT2D eigenvalue weighted by Crippen LogP contribution is 2.15. The van der Waals surface area contributed by atoms with E-state index in [4.69, 9.17) is 0 Å². The van der Waals surface area contributed by atoms with Gasteiger partial charge in [-0.15, -0.1) is 0 Å². The van der Waals surface area contributed by atoms with Crippen molar-refractivity contribution in [2.24, 2.45) is 0 Å². The largest absolute Gasteiger partial charge is 0.339 e. The predicted octanol–water partition coefficient (Wildman–Crippen LogP) is 3.23. The molecule has 1 aromatic carbocycles. The third kappa shape index (κ3) is 3.02. The molecule has 0 N–H and O–H groups in total. The molecule has 0 aliphatic carbocycles. The van der Waals surface area contributed by atoms with Gasteiger partial charge in [-0.1, -0.05) is 19.4 Å². The van der Waals surface area contributed by atoms with Gasteiger partial charge in [-0.05, 0) is 25.5 Å². The van der Waals surface area contributed by atoms with E-state index in [2.05, 4.69) is 0 Å². The van der Waals surface area contributed by atoms with Gasteiger partial charge in [0.15, 0.2) is 11.6 Å². The average Bonchev–Trinajstić information content (AvgIpc) is 2.31. The molecule has 1 unspecified atom stereocenters. The summed E-state index contributed by atoms with van der Waals surface area (Å²) in [5.41, 5.74) is -0.213. The molecule has 0 heterocycles. The van der Waals surface area contributed by atoms with Crippen molar-refractivity contribution >= 4 is 5.91 Å². The maximum Gasteiger partial charge on any atom is 0.256 e. The Kier molecular flexibility index (Phi) is 4.61.